The SMILES string of the molecule is O=C(Nc1cc(Br)cc(Br)c1)c1ccccc1C(F)(F)F. The van der Waals surface area contributed by atoms with Crippen LogP contribution in [-0.2, 0) is 6.18 Å². The van der Waals surface area contributed by atoms with E-state index in [1.807, 2.05) is 0 Å². The van der Waals surface area contributed by atoms with Crippen molar-refractivity contribution in [3.8, 4) is 0 Å². The van der Waals surface area contributed by atoms with E-state index in [4.69, 9.17) is 0 Å². The van der Waals surface area contributed by atoms with Crippen LogP contribution in [0.3, 0.4) is 0 Å². The summed E-state index contributed by atoms with van der Waals surface area (Å²) in [5.74, 6) is -0.812. The summed E-state index contributed by atoms with van der Waals surface area (Å²) in [7, 11) is 0. The number of hydrogen-bond acceptors (Lipinski definition) is 1. The van der Waals surface area contributed by atoms with Crippen molar-refractivity contribution in [1.82, 2.24) is 0 Å². The maximum absolute atomic E-state index is 12.9. The van der Waals surface area contributed by atoms with Gasteiger partial charge in [-0.25, -0.2) is 0 Å². The van der Waals surface area contributed by atoms with E-state index in [1.165, 1.54) is 12.1 Å². The molecule has 0 unspecified atom stereocenters. The minimum absolute atomic E-state index is 0.387. The lowest BCUT2D eigenvalue weighted by Crippen LogP contribution is -2.18. The normalized spacial score (nSPS) is 11.3. The number of halogens is 5. The molecular weight excluding hydrogens is 415 g/mol. The molecule has 0 saturated heterocycles. The van der Waals surface area contributed by atoms with Crippen molar-refractivity contribution in [2.45, 2.75) is 6.18 Å². The van der Waals surface area contributed by atoms with E-state index >= 15 is 0 Å². The van der Waals surface area contributed by atoms with Gasteiger partial charge in [-0.1, -0.05) is 44.0 Å². The smallest absolute Gasteiger partial charge is 0.322 e. The third-order valence-corrected chi connectivity index (χ3v) is 3.51. The second-order valence-corrected chi connectivity index (χ2v) is 5.99. The highest BCUT2D eigenvalue weighted by atomic mass is 79.9. The lowest BCUT2D eigenvalue weighted by molar-refractivity contribution is -0.137. The molecule has 0 heterocycles. The zero-order valence-corrected chi connectivity index (χ0v) is 13.5. The molecule has 0 radical (unpaired) electrons. The topological polar surface area (TPSA) is 29.1 Å². The summed E-state index contributed by atoms with van der Waals surface area (Å²) >= 11 is 6.49. The minimum atomic E-state index is -4.58. The highest BCUT2D eigenvalue weighted by molar-refractivity contribution is 9.11. The predicted molar refractivity (Wildman–Crippen MR) is 81.2 cm³/mol. The van der Waals surface area contributed by atoms with Crippen LogP contribution in [0.15, 0.2) is 51.4 Å². The van der Waals surface area contributed by atoms with Gasteiger partial charge in [0.2, 0.25) is 0 Å². The molecule has 2 aromatic carbocycles. The number of carbonyl (C=O) groups is 1. The van der Waals surface area contributed by atoms with Gasteiger partial charge in [0.05, 0.1) is 11.1 Å². The quantitative estimate of drug-likeness (QED) is 0.681. The number of carbonyl (C=O) groups excluding carboxylic acids is 1. The number of anilines is 1. The fraction of sp³-hybridized carbons (Fsp3) is 0.0714. The van der Waals surface area contributed by atoms with Gasteiger partial charge in [-0.3, -0.25) is 4.79 Å². The van der Waals surface area contributed by atoms with E-state index in [1.54, 1.807) is 18.2 Å². The molecule has 2 aromatic rings. The predicted octanol–water partition coefficient (Wildman–Crippen LogP) is 5.48. The molecule has 0 atom stereocenters. The van der Waals surface area contributed by atoms with Crippen molar-refractivity contribution in [3.63, 3.8) is 0 Å². The van der Waals surface area contributed by atoms with Gasteiger partial charge in [-0.05, 0) is 30.3 Å². The van der Waals surface area contributed by atoms with Crippen molar-refractivity contribution < 1.29 is 18.0 Å². The lowest BCUT2D eigenvalue weighted by atomic mass is 10.1. The van der Waals surface area contributed by atoms with Crippen LogP contribution < -0.4 is 5.32 Å². The molecular formula is C14H8Br2F3NO. The van der Waals surface area contributed by atoms with Crippen molar-refractivity contribution in [2.75, 3.05) is 5.32 Å². The summed E-state index contributed by atoms with van der Waals surface area (Å²) < 4.78 is 40.0. The Morgan fingerprint density at radius 1 is 1.00 bits per heavy atom. The number of benzene rings is 2. The highest BCUT2D eigenvalue weighted by Crippen LogP contribution is 2.32. The first kappa shape index (κ1) is 16.0. The third-order valence-electron chi connectivity index (χ3n) is 2.60. The second kappa shape index (κ2) is 6.19. The van der Waals surface area contributed by atoms with Gasteiger partial charge < -0.3 is 5.32 Å². The van der Waals surface area contributed by atoms with Crippen molar-refractivity contribution >= 4 is 43.5 Å². The summed E-state index contributed by atoms with van der Waals surface area (Å²) in [6.07, 6.45) is -4.58. The Kier molecular flexibility index (Phi) is 4.73. The van der Waals surface area contributed by atoms with Crippen LogP contribution in [0.4, 0.5) is 18.9 Å². The molecule has 0 aromatic heterocycles. The van der Waals surface area contributed by atoms with Gasteiger partial charge in [0.1, 0.15) is 0 Å². The maximum atomic E-state index is 12.9. The van der Waals surface area contributed by atoms with Crippen LogP contribution in [0.2, 0.25) is 0 Å². The van der Waals surface area contributed by atoms with Crippen molar-refractivity contribution in [3.05, 3.63) is 62.5 Å². The number of alkyl halides is 3. The van der Waals surface area contributed by atoms with Gasteiger partial charge in [0.15, 0.2) is 0 Å². The summed E-state index contributed by atoms with van der Waals surface area (Å²) in [6, 6.07) is 9.60. The van der Waals surface area contributed by atoms with Crippen LogP contribution >= 0.6 is 31.9 Å². The number of hydrogen-bond donors (Lipinski definition) is 1. The standard InChI is InChI=1S/C14H8Br2F3NO/c15-8-5-9(16)7-10(6-8)20-13(21)11-3-1-2-4-12(11)14(17,18)19/h1-7H,(H,20,21). The Balaban J connectivity index is 2.33. The molecule has 110 valence electrons. The summed E-state index contributed by atoms with van der Waals surface area (Å²) in [5.41, 5.74) is -0.990. The van der Waals surface area contributed by atoms with Gasteiger partial charge in [-0.2, -0.15) is 13.2 Å². The van der Waals surface area contributed by atoms with E-state index in [2.05, 4.69) is 37.2 Å². The van der Waals surface area contributed by atoms with E-state index in [0.717, 1.165) is 12.1 Å². The Labute approximate surface area is 135 Å². The first-order valence-corrected chi connectivity index (χ1v) is 7.29. The molecule has 0 aliphatic rings. The van der Waals surface area contributed by atoms with Gasteiger partial charge in [0, 0.05) is 14.6 Å². The number of rotatable bonds is 2. The van der Waals surface area contributed by atoms with E-state index in [0.29, 0.717) is 14.6 Å². The van der Waals surface area contributed by atoms with E-state index in [9.17, 15) is 18.0 Å². The first-order chi connectivity index (χ1) is 9.77. The molecule has 0 bridgehead atoms. The molecule has 2 rings (SSSR count). The number of amides is 1. The average Bonchev–Trinajstić information content (AvgIpc) is 2.36. The first-order valence-electron chi connectivity index (χ1n) is 5.71. The van der Waals surface area contributed by atoms with Crippen LogP contribution in [-0.4, -0.2) is 5.91 Å². The average molecular weight is 423 g/mol. The molecule has 0 saturated carbocycles. The van der Waals surface area contributed by atoms with Crippen molar-refractivity contribution in [2.24, 2.45) is 0 Å². The summed E-state index contributed by atoms with van der Waals surface area (Å²) in [6.45, 7) is 0. The van der Waals surface area contributed by atoms with Crippen LogP contribution in [0.5, 0.6) is 0 Å². The molecule has 21 heavy (non-hydrogen) atoms. The van der Waals surface area contributed by atoms with Crippen molar-refractivity contribution in [1.29, 1.82) is 0 Å². The monoisotopic (exact) mass is 421 g/mol. The molecule has 1 N–H and O–H groups in total. The Morgan fingerprint density at radius 2 is 1.57 bits per heavy atom. The van der Waals surface area contributed by atoms with Gasteiger partial charge >= 0.3 is 6.18 Å². The molecule has 2 nitrogen and oxygen atoms in total. The molecule has 0 aliphatic carbocycles. The van der Waals surface area contributed by atoms with Gasteiger partial charge in [0.25, 0.3) is 5.91 Å². The summed E-state index contributed by atoms with van der Waals surface area (Å²) in [5, 5.41) is 2.45. The molecule has 0 spiro atoms. The van der Waals surface area contributed by atoms with Crippen LogP contribution in [0.25, 0.3) is 0 Å². The number of nitrogens with one attached hydrogen (secondary N) is 1. The zero-order valence-electron chi connectivity index (χ0n) is 10.3. The third kappa shape index (κ3) is 4.07. The Morgan fingerprint density at radius 3 is 2.14 bits per heavy atom. The fourth-order valence-corrected chi connectivity index (χ4v) is 3.05. The molecule has 0 fully saturated rings. The fourth-order valence-electron chi connectivity index (χ4n) is 1.75. The van der Waals surface area contributed by atoms with E-state index < -0.39 is 23.2 Å². The molecule has 1 amide bonds. The Bertz CT molecular complexity index is 666. The Hall–Kier alpha value is -1.34. The summed E-state index contributed by atoms with van der Waals surface area (Å²) in [4.78, 5) is 12.1. The second-order valence-electron chi connectivity index (χ2n) is 4.16. The zero-order chi connectivity index (χ0) is 15.6. The van der Waals surface area contributed by atoms with Crippen LogP contribution in [0, 0.1) is 0 Å². The van der Waals surface area contributed by atoms with Gasteiger partial charge in [-0.15, -0.1) is 0 Å². The van der Waals surface area contributed by atoms with E-state index in [-0.39, 0.29) is 0 Å². The highest BCUT2D eigenvalue weighted by Gasteiger charge is 2.34. The molecule has 7 heteroatoms. The van der Waals surface area contributed by atoms with Crippen LogP contribution in [0.1, 0.15) is 15.9 Å². The minimum Gasteiger partial charge on any atom is -0.322 e. The largest absolute Gasteiger partial charge is 0.417 e. The molecule has 0 aliphatic heterocycles. The lowest BCUT2D eigenvalue weighted by Gasteiger charge is -2.13. The maximum Gasteiger partial charge on any atom is 0.417 e.